The summed E-state index contributed by atoms with van der Waals surface area (Å²) >= 11 is 1.20. The van der Waals surface area contributed by atoms with Gasteiger partial charge in [0.05, 0.1) is 23.3 Å². The SMILES string of the molecule is COC(=O)Cn1c(S[C@@H](C)C(=O)N2CCCC2)nc2ccccc2c1=O. The molecule has 7 nitrogen and oxygen atoms in total. The quantitative estimate of drug-likeness (QED) is 0.449. The second kappa shape index (κ2) is 7.90. The molecule has 138 valence electrons. The summed E-state index contributed by atoms with van der Waals surface area (Å²) in [6, 6.07) is 6.97. The summed E-state index contributed by atoms with van der Waals surface area (Å²) in [5, 5.41) is 0.378. The number of aromatic nitrogens is 2. The van der Waals surface area contributed by atoms with E-state index in [0.29, 0.717) is 16.1 Å². The summed E-state index contributed by atoms with van der Waals surface area (Å²) in [6.07, 6.45) is 2.04. The molecular formula is C18H21N3O4S. The third kappa shape index (κ3) is 3.75. The normalized spacial score (nSPS) is 15.2. The maximum absolute atomic E-state index is 12.8. The number of nitrogens with zero attached hydrogens (tertiary/aromatic N) is 3. The van der Waals surface area contributed by atoms with Crippen LogP contribution in [0.2, 0.25) is 0 Å². The molecule has 2 aromatic rings. The van der Waals surface area contributed by atoms with Gasteiger partial charge in [0.15, 0.2) is 5.16 Å². The number of esters is 1. The Morgan fingerprint density at radius 3 is 2.65 bits per heavy atom. The van der Waals surface area contributed by atoms with Crippen LogP contribution in [-0.4, -0.2) is 51.8 Å². The molecule has 1 aliphatic rings. The molecule has 0 aliphatic carbocycles. The van der Waals surface area contributed by atoms with Gasteiger partial charge >= 0.3 is 5.97 Å². The fourth-order valence-corrected chi connectivity index (χ4v) is 3.97. The Morgan fingerprint density at radius 2 is 1.96 bits per heavy atom. The molecule has 0 unspecified atom stereocenters. The van der Waals surface area contributed by atoms with E-state index in [9.17, 15) is 14.4 Å². The first kappa shape index (κ1) is 18.4. The van der Waals surface area contributed by atoms with Crippen LogP contribution < -0.4 is 5.56 Å². The van der Waals surface area contributed by atoms with E-state index in [2.05, 4.69) is 4.98 Å². The van der Waals surface area contributed by atoms with Gasteiger partial charge in [0.2, 0.25) is 5.91 Å². The lowest BCUT2D eigenvalue weighted by Crippen LogP contribution is -2.35. The molecular weight excluding hydrogens is 354 g/mol. The zero-order chi connectivity index (χ0) is 18.7. The van der Waals surface area contributed by atoms with Crippen LogP contribution in [0.15, 0.2) is 34.2 Å². The van der Waals surface area contributed by atoms with Crippen molar-refractivity contribution in [2.75, 3.05) is 20.2 Å². The molecule has 26 heavy (non-hydrogen) atoms. The summed E-state index contributed by atoms with van der Waals surface area (Å²) in [7, 11) is 1.27. The summed E-state index contributed by atoms with van der Waals surface area (Å²) < 4.78 is 5.98. The zero-order valence-electron chi connectivity index (χ0n) is 14.8. The molecule has 1 aromatic heterocycles. The highest BCUT2D eigenvalue weighted by Gasteiger charge is 2.26. The third-order valence-corrected chi connectivity index (χ3v) is 5.47. The minimum atomic E-state index is -0.537. The zero-order valence-corrected chi connectivity index (χ0v) is 15.6. The standard InChI is InChI=1S/C18H21N3O4S/c1-12(16(23)20-9-5-6-10-20)26-18-19-14-8-4-3-7-13(14)17(24)21(18)11-15(22)25-2/h3-4,7-8,12H,5-6,9-11H2,1-2H3/t12-/m0/s1. The lowest BCUT2D eigenvalue weighted by Gasteiger charge is -2.20. The molecule has 1 saturated heterocycles. The maximum atomic E-state index is 12.8. The van der Waals surface area contributed by atoms with Crippen LogP contribution in [-0.2, 0) is 20.9 Å². The number of benzene rings is 1. The molecule has 1 aliphatic heterocycles. The van der Waals surface area contributed by atoms with Gasteiger partial charge in [-0.3, -0.25) is 19.0 Å². The average Bonchev–Trinajstić information content (AvgIpc) is 3.18. The van der Waals surface area contributed by atoms with Gasteiger partial charge in [0, 0.05) is 13.1 Å². The first-order chi connectivity index (χ1) is 12.5. The molecule has 0 bridgehead atoms. The minimum Gasteiger partial charge on any atom is -0.468 e. The molecule has 0 spiro atoms. The smallest absolute Gasteiger partial charge is 0.325 e. The van der Waals surface area contributed by atoms with Crippen molar-refractivity contribution in [1.29, 1.82) is 0 Å². The van der Waals surface area contributed by atoms with E-state index < -0.39 is 11.2 Å². The van der Waals surface area contributed by atoms with Crippen molar-refractivity contribution in [3.63, 3.8) is 0 Å². The van der Waals surface area contributed by atoms with E-state index in [4.69, 9.17) is 4.74 Å². The van der Waals surface area contributed by atoms with Crippen LogP contribution in [0.4, 0.5) is 0 Å². The van der Waals surface area contributed by atoms with E-state index in [-0.39, 0.29) is 18.0 Å². The van der Waals surface area contributed by atoms with Crippen LogP contribution in [0.1, 0.15) is 19.8 Å². The predicted octanol–water partition coefficient (Wildman–Crippen LogP) is 1.67. The Balaban J connectivity index is 1.97. The summed E-state index contributed by atoms with van der Waals surface area (Å²) in [6.45, 7) is 3.10. The highest BCUT2D eigenvalue weighted by molar-refractivity contribution is 8.00. The number of fused-ring (bicyclic) bond motifs is 1. The minimum absolute atomic E-state index is 0.0273. The molecule has 0 N–H and O–H groups in total. The highest BCUT2D eigenvalue weighted by atomic mass is 32.2. The number of ether oxygens (including phenoxy) is 1. The summed E-state index contributed by atoms with van der Waals surface area (Å²) in [4.78, 5) is 43.5. The first-order valence-electron chi connectivity index (χ1n) is 8.53. The lowest BCUT2D eigenvalue weighted by molar-refractivity contribution is -0.141. The van der Waals surface area contributed by atoms with Gasteiger partial charge in [0.1, 0.15) is 6.54 Å². The van der Waals surface area contributed by atoms with Gasteiger partial charge in [-0.1, -0.05) is 23.9 Å². The Hall–Kier alpha value is -2.35. The number of thioether (sulfide) groups is 1. The second-order valence-electron chi connectivity index (χ2n) is 6.17. The number of hydrogen-bond donors (Lipinski definition) is 0. The molecule has 0 radical (unpaired) electrons. The number of methoxy groups -OCH3 is 1. The molecule has 1 amide bonds. The number of hydrogen-bond acceptors (Lipinski definition) is 6. The largest absolute Gasteiger partial charge is 0.468 e. The molecule has 2 heterocycles. The highest BCUT2D eigenvalue weighted by Crippen LogP contribution is 2.25. The summed E-state index contributed by atoms with van der Waals surface area (Å²) in [5.41, 5.74) is 0.228. The average molecular weight is 375 g/mol. The van der Waals surface area contributed by atoms with Gasteiger partial charge in [-0.2, -0.15) is 0 Å². The first-order valence-corrected chi connectivity index (χ1v) is 9.41. The molecule has 8 heteroatoms. The van der Waals surface area contributed by atoms with Crippen molar-refractivity contribution in [3.05, 3.63) is 34.6 Å². The number of amides is 1. The molecule has 0 saturated carbocycles. The van der Waals surface area contributed by atoms with Gasteiger partial charge in [-0.15, -0.1) is 0 Å². The molecule has 1 atom stereocenters. The predicted molar refractivity (Wildman–Crippen MR) is 99.2 cm³/mol. The third-order valence-electron chi connectivity index (χ3n) is 4.39. The van der Waals surface area contributed by atoms with E-state index >= 15 is 0 Å². The van der Waals surface area contributed by atoms with Gasteiger partial charge in [-0.05, 0) is 31.9 Å². The van der Waals surface area contributed by atoms with Crippen molar-refractivity contribution in [2.45, 2.75) is 36.7 Å². The van der Waals surface area contributed by atoms with Crippen LogP contribution in [0, 0.1) is 0 Å². The number of carbonyl (C=O) groups is 2. The Kier molecular flexibility index (Phi) is 5.61. The monoisotopic (exact) mass is 375 g/mol. The number of rotatable bonds is 5. The van der Waals surface area contributed by atoms with Crippen molar-refractivity contribution >= 4 is 34.5 Å². The van der Waals surface area contributed by atoms with Crippen LogP contribution >= 0.6 is 11.8 Å². The van der Waals surface area contributed by atoms with Gasteiger partial charge < -0.3 is 9.64 Å². The molecule has 1 fully saturated rings. The van der Waals surface area contributed by atoms with Crippen molar-refractivity contribution in [2.24, 2.45) is 0 Å². The van der Waals surface area contributed by atoms with Crippen molar-refractivity contribution < 1.29 is 14.3 Å². The maximum Gasteiger partial charge on any atom is 0.325 e. The van der Waals surface area contributed by atoms with E-state index in [0.717, 1.165) is 25.9 Å². The van der Waals surface area contributed by atoms with Crippen molar-refractivity contribution in [1.82, 2.24) is 14.5 Å². The van der Waals surface area contributed by atoms with Crippen LogP contribution in [0.25, 0.3) is 10.9 Å². The number of likely N-dealkylation sites (tertiary alicyclic amines) is 1. The van der Waals surface area contributed by atoms with E-state index in [1.807, 2.05) is 4.90 Å². The number of para-hydroxylation sites is 1. The second-order valence-corrected chi connectivity index (χ2v) is 7.48. The Morgan fingerprint density at radius 1 is 1.27 bits per heavy atom. The molecule has 1 aromatic carbocycles. The topological polar surface area (TPSA) is 81.5 Å². The van der Waals surface area contributed by atoms with Crippen LogP contribution in [0.3, 0.4) is 0 Å². The fraction of sp³-hybridized carbons (Fsp3) is 0.444. The Bertz CT molecular complexity index is 890. The van der Waals surface area contributed by atoms with E-state index in [1.54, 1.807) is 31.2 Å². The molecule has 3 rings (SSSR count). The number of carbonyl (C=O) groups excluding carboxylic acids is 2. The fourth-order valence-electron chi connectivity index (χ4n) is 2.97. The van der Waals surface area contributed by atoms with E-state index in [1.165, 1.54) is 23.4 Å². The van der Waals surface area contributed by atoms with Gasteiger partial charge in [0.25, 0.3) is 5.56 Å². The lowest BCUT2D eigenvalue weighted by atomic mass is 10.2. The van der Waals surface area contributed by atoms with Crippen LogP contribution in [0.5, 0.6) is 0 Å². The van der Waals surface area contributed by atoms with Gasteiger partial charge in [-0.25, -0.2) is 4.98 Å². The Labute approximate surface area is 155 Å². The van der Waals surface area contributed by atoms with Crippen molar-refractivity contribution in [3.8, 4) is 0 Å². The summed E-state index contributed by atoms with van der Waals surface area (Å²) in [5.74, 6) is -0.510.